The van der Waals surface area contributed by atoms with Gasteiger partial charge < -0.3 is 10.0 Å². The molecule has 19 heavy (non-hydrogen) atoms. The number of aliphatic hydroxyl groups is 1. The van der Waals surface area contributed by atoms with Gasteiger partial charge in [0.1, 0.15) is 0 Å². The minimum atomic E-state index is -0.192. The van der Waals surface area contributed by atoms with Crippen molar-refractivity contribution in [1.29, 1.82) is 0 Å². The first kappa shape index (κ1) is 14.8. The van der Waals surface area contributed by atoms with Crippen LogP contribution in [0.15, 0.2) is 0 Å². The van der Waals surface area contributed by atoms with E-state index in [4.69, 9.17) is 0 Å². The van der Waals surface area contributed by atoms with E-state index in [0.29, 0.717) is 5.92 Å². The second kappa shape index (κ2) is 6.20. The van der Waals surface area contributed by atoms with Crippen molar-refractivity contribution >= 4 is 16.5 Å². The molecule has 0 unspecified atom stereocenters. The molecular weight excluding hydrogens is 258 g/mol. The number of thiazole rings is 1. The number of hydrogen-bond acceptors (Lipinski definition) is 5. The Morgan fingerprint density at radius 2 is 2.26 bits per heavy atom. The highest BCUT2D eigenvalue weighted by Gasteiger charge is 2.24. The van der Waals surface area contributed by atoms with Crippen molar-refractivity contribution in [3.05, 3.63) is 10.6 Å². The van der Waals surface area contributed by atoms with Gasteiger partial charge in [0.25, 0.3) is 0 Å². The van der Waals surface area contributed by atoms with Crippen molar-refractivity contribution in [3.63, 3.8) is 0 Å². The Balaban J connectivity index is 2.00. The van der Waals surface area contributed by atoms with Crippen LogP contribution in [0.25, 0.3) is 0 Å². The van der Waals surface area contributed by atoms with Crippen molar-refractivity contribution in [2.24, 2.45) is 5.92 Å². The highest BCUT2D eigenvalue weighted by atomic mass is 32.1. The topological polar surface area (TPSA) is 39.6 Å². The fourth-order valence-electron chi connectivity index (χ4n) is 2.58. The summed E-state index contributed by atoms with van der Waals surface area (Å²) < 4.78 is 0. The molecule has 1 aromatic heterocycles. The molecule has 4 nitrogen and oxygen atoms in total. The van der Waals surface area contributed by atoms with Gasteiger partial charge in [-0.15, -0.1) is 11.3 Å². The molecule has 0 radical (unpaired) electrons. The van der Waals surface area contributed by atoms with Gasteiger partial charge in [0.15, 0.2) is 5.13 Å². The molecule has 0 aliphatic carbocycles. The second-order valence-electron chi connectivity index (χ2n) is 5.78. The van der Waals surface area contributed by atoms with Crippen LogP contribution in [0.1, 0.15) is 30.3 Å². The lowest BCUT2D eigenvalue weighted by Crippen LogP contribution is -2.38. The van der Waals surface area contributed by atoms with Crippen molar-refractivity contribution in [2.45, 2.75) is 39.3 Å². The minimum absolute atomic E-state index is 0.192. The van der Waals surface area contributed by atoms with Crippen LogP contribution in [0.4, 0.5) is 5.13 Å². The summed E-state index contributed by atoms with van der Waals surface area (Å²) in [5.41, 5.74) is 1.15. The second-order valence-corrected chi connectivity index (χ2v) is 6.84. The first-order valence-electron chi connectivity index (χ1n) is 7.01. The minimum Gasteiger partial charge on any atom is -0.393 e. The molecule has 1 saturated heterocycles. The zero-order valence-electron chi connectivity index (χ0n) is 12.4. The normalized spacial score (nSPS) is 22.5. The van der Waals surface area contributed by atoms with Crippen LogP contribution in [-0.2, 0) is 6.54 Å². The Labute approximate surface area is 120 Å². The van der Waals surface area contributed by atoms with Gasteiger partial charge in [-0.25, -0.2) is 4.98 Å². The van der Waals surface area contributed by atoms with Crippen LogP contribution >= 0.6 is 11.3 Å². The smallest absolute Gasteiger partial charge is 0.185 e. The van der Waals surface area contributed by atoms with E-state index in [0.717, 1.165) is 36.9 Å². The van der Waals surface area contributed by atoms with Crippen LogP contribution in [0, 0.1) is 12.8 Å². The van der Waals surface area contributed by atoms with E-state index in [9.17, 15) is 5.11 Å². The van der Waals surface area contributed by atoms with Gasteiger partial charge in [-0.1, -0.05) is 0 Å². The highest BCUT2D eigenvalue weighted by molar-refractivity contribution is 7.15. The van der Waals surface area contributed by atoms with E-state index in [1.807, 2.05) is 21.0 Å². The maximum Gasteiger partial charge on any atom is 0.185 e. The molecule has 2 rings (SSSR count). The third-order valence-corrected chi connectivity index (χ3v) is 5.17. The largest absolute Gasteiger partial charge is 0.393 e. The van der Waals surface area contributed by atoms with Crippen LogP contribution in [0.3, 0.4) is 0 Å². The van der Waals surface area contributed by atoms with Gasteiger partial charge in [-0.2, -0.15) is 0 Å². The van der Waals surface area contributed by atoms with Gasteiger partial charge in [-0.3, -0.25) is 4.90 Å². The van der Waals surface area contributed by atoms with Crippen LogP contribution in [-0.4, -0.2) is 48.3 Å². The van der Waals surface area contributed by atoms with E-state index in [1.165, 1.54) is 11.3 Å². The predicted octanol–water partition coefficient (Wildman–Crippen LogP) is 2.11. The number of aryl methyl sites for hydroxylation is 1. The Morgan fingerprint density at radius 1 is 1.53 bits per heavy atom. The number of aromatic nitrogens is 1. The number of anilines is 1. The summed E-state index contributed by atoms with van der Waals surface area (Å²) in [5, 5.41) is 10.8. The molecule has 2 atom stereocenters. The summed E-state index contributed by atoms with van der Waals surface area (Å²) in [7, 11) is 4.07. The van der Waals surface area contributed by atoms with Crippen LogP contribution in [0.5, 0.6) is 0 Å². The van der Waals surface area contributed by atoms with Gasteiger partial charge in [0.2, 0.25) is 0 Å². The molecule has 1 aromatic rings. The molecule has 2 heterocycles. The Hall–Kier alpha value is -0.650. The van der Waals surface area contributed by atoms with Crippen LogP contribution in [0.2, 0.25) is 0 Å². The Kier molecular flexibility index (Phi) is 4.81. The van der Waals surface area contributed by atoms with Crippen molar-refractivity contribution in [1.82, 2.24) is 9.88 Å². The average molecular weight is 283 g/mol. The van der Waals surface area contributed by atoms with Crippen molar-refractivity contribution in [3.8, 4) is 0 Å². The van der Waals surface area contributed by atoms with E-state index < -0.39 is 0 Å². The van der Waals surface area contributed by atoms with E-state index in [2.05, 4.69) is 21.7 Å². The molecule has 0 amide bonds. The summed E-state index contributed by atoms with van der Waals surface area (Å²) in [6.07, 6.45) is 2.15. The zero-order chi connectivity index (χ0) is 14.0. The maximum atomic E-state index is 9.75. The predicted molar refractivity (Wildman–Crippen MR) is 80.9 cm³/mol. The molecule has 0 bridgehead atoms. The summed E-state index contributed by atoms with van der Waals surface area (Å²) in [6, 6.07) is 0. The number of hydrogen-bond donors (Lipinski definition) is 1. The number of likely N-dealkylation sites (tertiary alicyclic amines) is 1. The fraction of sp³-hybridized carbons (Fsp3) is 0.786. The molecule has 1 aliphatic rings. The molecular formula is C14H25N3OS. The molecule has 0 spiro atoms. The summed E-state index contributed by atoms with van der Waals surface area (Å²) in [4.78, 5) is 10.5. The van der Waals surface area contributed by atoms with Gasteiger partial charge >= 0.3 is 0 Å². The summed E-state index contributed by atoms with van der Waals surface area (Å²) in [6.45, 7) is 7.12. The fourth-order valence-corrected chi connectivity index (χ4v) is 3.61. The lowest BCUT2D eigenvalue weighted by Gasteiger charge is -2.33. The molecule has 1 N–H and O–H groups in total. The number of rotatable bonds is 4. The molecule has 0 aromatic carbocycles. The molecule has 1 aliphatic heterocycles. The maximum absolute atomic E-state index is 9.75. The Morgan fingerprint density at radius 3 is 2.84 bits per heavy atom. The third kappa shape index (κ3) is 3.68. The van der Waals surface area contributed by atoms with Crippen LogP contribution < -0.4 is 4.90 Å². The summed E-state index contributed by atoms with van der Waals surface area (Å²) >= 11 is 1.78. The summed E-state index contributed by atoms with van der Waals surface area (Å²) in [5.74, 6) is 0.426. The van der Waals surface area contributed by atoms with E-state index in [-0.39, 0.29) is 6.10 Å². The van der Waals surface area contributed by atoms with Gasteiger partial charge in [0.05, 0.1) is 11.8 Å². The first-order valence-corrected chi connectivity index (χ1v) is 7.83. The number of nitrogens with zero attached hydrogens (tertiary/aromatic N) is 3. The lowest BCUT2D eigenvalue weighted by atomic mass is 9.93. The third-order valence-electron chi connectivity index (χ3n) is 3.86. The highest BCUT2D eigenvalue weighted by Crippen LogP contribution is 2.28. The average Bonchev–Trinajstić information content (AvgIpc) is 2.71. The quantitative estimate of drug-likeness (QED) is 0.919. The number of piperidine rings is 1. The van der Waals surface area contributed by atoms with Crippen molar-refractivity contribution < 1.29 is 5.11 Å². The molecule has 1 fully saturated rings. The first-order chi connectivity index (χ1) is 8.97. The standard InChI is InChI=1S/C14H25N3OS/c1-10-13(19-14(15-10)16(3)4)9-17-7-5-6-12(8-17)11(2)18/h11-12,18H,5-9H2,1-4H3/t11-,12+/m1/s1. The molecule has 0 saturated carbocycles. The lowest BCUT2D eigenvalue weighted by molar-refractivity contribution is 0.0602. The van der Waals surface area contributed by atoms with Gasteiger partial charge in [0, 0.05) is 32.1 Å². The molecule has 108 valence electrons. The zero-order valence-corrected chi connectivity index (χ0v) is 13.2. The monoisotopic (exact) mass is 283 g/mol. The Bertz CT molecular complexity index is 417. The molecule has 5 heteroatoms. The van der Waals surface area contributed by atoms with Gasteiger partial charge in [-0.05, 0) is 39.2 Å². The number of aliphatic hydroxyl groups excluding tert-OH is 1. The van der Waals surface area contributed by atoms with E-state index in [1.54, 1.807) is 11.3 Å². The van der Waals surface area contributed by atoms with Crippen molar-refractivity contribution in [2.75, 3.05) is 32.1 Å². The van der Waals surface area contributed by atoms with E-state index >= 15 is 0 Å². The SMILES string of the molecule is Cc1nc(N(C)C)sc1CN1CCC[C@H]([C@@H](C)O)C1.